The quantitative estimate of drug-likeness (QED) is 0.781. The number of ketones is 1. The lowest BCUT2D eigenvalue weighted by molar-refractivity contribution is -0.128. The number of allylic oxidation sites excluding steroid dienone is 1. The Balaban J connectivity index is 1.84. The maximum Gasteiger partial charge on any atom is 0.247 e. The predicted octanol–water partition coefficient (Wildman–Crippen LogP) is 1.71. The van der Waals surface area contributed by atoms with Crippen molar-refractivity contribution < 1.29 is 9.59 Å². The van der Waals surface area contributed by atoms with Gasteiger partial charge in [0.2, 0.25) is 5.91 Å². The number of carbonyl (C=O) groups excluding carboxylic acids is 2. The Morgan fingerprint density at radius 2 is 2.08 bits per heavy atom. The van der Waals surface area contributed by atoms with Gasteiger partial charge in [0, 0.05) is 31.1 Å². The zero-order valence-corrected chi connectivity index (χ0v) is 14.5. The summed E-state index contributed by atoms with van der Waals surface area (Å²) in [7, 11) is 0. The van der Waals surface area contributed by atoms with Gasteiger partial charge in [0.1, 0.15) is 12.1 Å². The number of carbonyl (C=O) groups is 2. The molecule has 0 spiro atoms. The largest absolute Gasteiger partial charge is 0.352 e. The number of hydrogen-bond acceptors (Lipinski definition) is 6. The molecule has 7 nitrogen and oxygen atoms in total. The number of piperazine rings is 1. The van der Waals surface area contributed by atoms with Gasteiger partial charge in [-0.3, -0.25) is 9.59 Å². The van der Waals surface area contributed by atoms with Gasteiger partial charge in [-0.2, -0.15) is 5.26 Å². The van der Waals surface area contributed by atoms with Crippen LogP contribution in [0.25, 0.3) is 10.9 Å². The summed E-state index contributed by atoms with van der Waals surface area (Å²) < 4.78 is 0. The van der Waals surface area contributed by atoms with Crippen LogP contribution in [0.4, 0.5) is 5.82 Å². The highest BCUT2D eigenvalue weighted by Crippen LogP contribution is 2.25. The number of nitrogens with zero attached hydrogens (tertiary/aromatic N) is 5. The molecular formula is C19H19N5O2. The van der Waals surface area contributed by atoms with Crippen molar-refractivity contribution in [2.75, 3.05) is 24.5 Å². The molecule has 1 atom stereocenters. The number of nitriles is 1. The topological polar surface area (TPSA) is 90.2 Å². The number of hydrogen-bond donors (Lipinski definition) is 0. The first-order valence-electron chi connectivity index (χ1n) is 8.41. The maximum absolute atomic E-state index is 12.4. The van der Waals surface area contributed by atoms with Crippen molar-refractivity contribution in [1.82, 2.24) is 14.9 Å². The fourth-order valence-electron chi connectivity index (χ4n) is 3.14. The molecule has 0 N–H and O–H groups in total. The van der Waals surface area contributed by atoms with Crippen molar-refractivity contribution >= 4 is 28.4 Å². The highest BCUT2D eigenvalue weighted by atomic mass is 16.2. The third kappa shape index (κ3) is 3.70. The molecule has 1 unspecified atom stereocenters. The molecule has 3 rings (SSSR count). The van der Waals surface area contributed by atoms with Crippen LogP contribution in [0.1, 0.15) is 13.3 Å². The van der Waals surface area contributed by atoms with Gasteiger partial charge in [-0.15, -0.1) is 0 Å². The standard InChI is InChI=1S/C19H19N5O2/c1-14(25)6-7-18(26)24-11-10-23(12-15(24)8-9-20)19-16-4-2-3-5-17(16)21-13-22-19/h2-7,13,15H,8,10-12H2,1H3. The normalized spacial score (nSPS) is 17.5. The van der Waals surface area contributed by atoms with Crippen LogP contribution in [-0.2, 0) is 9.59 Å². The summed E-state index contributed by atoms with van der Waals surface area (Å²) in [5, 5.41) is 10.1. The van der Waals surface area contributed by atoms with Gasteiger partial charge in [0.25, 0.3) is 0 Å². The predicted molar refractivity (Wildman–Crippen MR) is 97.3 cm³/mol. The van der Waals surface area contributed by atoms with Crippen LogP contribution in [0.15, 0.2) is 42.7 Å². The molecule has 1 fully saturated rings. The first kappa shape index (κ1) is 17.5. The first-order valence-corrected chi connectivity index (χ1v) is 8.41. The molecule has 1 aromatic carbocycles. The molecule has 1 amide bonds. The van der Waals surface area contributed by atoms with E-state index >= 15 is 0 Å². The van der Waals surface area contributed by atoms with Gasteiger partial charge < -0.3 is 9.80 Å². The Hall–Kier alpha value is -3.27. The third-order valence-electron chi connectivity index (χ3n) is 4.37. The second kappa shape index (κ2) is 7.74. The van der Waals surface area contributed by atoms with E-state index < -0.39 is 0 Å². The van der Waals surface area contributed by atoms with E-state index in [9.17, 15) is 9.59 Å². The van der Waals surface area contributed by atoms with Crippen LogP contribution in [-0.4, -0.2) is 52.2 Å². The van der Waals surface area contributed by atoms with Crippen LogP contribution in [0, 0.1) is 11.3 Å². The summed E-state index contributed by atoms with van der Waals surface area (Å²) in [5.41, 5.74) is 0.859. The van der Waals surface area contributed by atoms with E-state index in [4.69, 9.17) is 5.26 Å². The Kier molecular flexibility index (Phi) is 5.23. The number of anilines is 1. The van der Waals surface area contributed by atoms with Crippen molar-refractivity contribution in [3.63, 3.8) is 0 Å². The Morgan fingerprint density at radius 3 is 2.85 bits per heavy atom. The second-order valence-electron chi connectivity index (χ2n) is 6.15. The summed E-state index contributed by atoms with van der Waals surface area (Å²) in [5.74, 6) is 0.388. The second-order valence-corrected chi connectivity index (χ2v) is 6.15. The van der Waals surface area contributed by atoms with Crippen molar-refractivity contribution in [3.05, 3.63) is 42.7 Å². The Morgan fingerprint density at radius 1 is 1.27 bits per heavy atom. The maximum atomic E-state index is 12.4. The van der Waals surface area contributed by atoms with Gasteiger partial charge in [0.05, 0.1) is 24.0 Å². The van der Waals surface area contributed by atoms with Gasteiger partial charge in [-0.05, 0) is 25.1 Å². The fraction of sp³-hybridized carbons (Fsp3) is 0.316. The first-order chi connectivity index (χ1) is 12.6. The molecule has 1 saturated heterocycles. The van der Waals surface area contributed by atoms with Gasteiger partial charge in [-0.25, -0.2) is 9.97 Å². The van der Waals surface area contributed by atoms with Crippen LogP contribution in [0.5, 0.6) is 0 Å². The highest BCUT2D eigenvalue weighted by Gasteiger charge is 2.30. The summed E-state index contributed by atoms with van der Waals surface area (Å²) in [6, 6.07) is 9.66. The van der Waals surface area contributed by atoms with E-state index in [2.05, 4.69) is 20.9 Å². The van der Waals surface area contributed by atoms with Gasteiger partial charge >= 0.3 is 0 Å². The number of benzene rings is 1. The lowest BCUT2D eigenvalue weighted by atomic mass is 10.1. The summed E-state index contributed by atoms with van der Waals surface area (Å²) in [6.07, 6.45) is 4.29. The van der Waals surface area contributed by atoms with Crippen molar-refractivity contribution in [1.29, 1.82) is 5.26 Å². The molecule has 0 saturated carbocycles. The van der Waals surface area contributed by atoms with E-state index in [0.29, 0.717) is 19.6 Å². The average molecular weight is 349 g/mol. The Labute approximate surface area is 151 Å². The molecule has 2 heterocycles. The minimum atomic E-state index is -0.258. The minimum absolute atomic E-state index is 0.179. The minimum Gasteiger partial charge on any atom is -0.352 e. The van der Waals surface area contributed by atoms with Gasteiger partial charge in [-0.1, -0.05) is 12.1 Å². The van der Waals surface area contributed by atoms with Crippen molar-refractivity contribution in [2.45, 2.75) is 19.4 Å². The zero-order valence-electron chi connectivity index (χ0n) is 14.5. The molecule has 2 aromatic rings. The van der Waals surface area contributed by atoms with Crippen LogP contribution in [0.2, 0.25) is 0 Å². The van der Waals surface area contributed by atoms with E-state index in [1.54, 1.807) is 4.90 Å². The number of rotatable bonds is 4. The molecular weight excluding hydrogens is 330 g/mol. The molecule has 0 aliphatic carbocycles. The lowest BCUT2D eigenvalue weighted by Gasteiger charge is -2.41. The number of para-hydroxylation sites is 1. The van der Waals surface area contributed by atoms with Gasteiger partial charge in [0.15, 0.2) is 5.78 Å². The van der Waals surface area contributed by atoms with E-state index in [1.165, 1.54) is 25.4 Å². The van der Waals surface area contributed by atoms with E-state index in [-0.39, 0.29) is 24.2 Å². The molecule has 0 bridgehead atoms. The smallest absolute Gasteiger partial charge is 0.247 e. The molecule has 132 valence electrons. The highest BCUT2D eigenvalue weighted by molar-refractivity contribution is 5.97. The van der Waals surface area contributed by atoms with Crippen molar-refractivity contribution in [2.24, 2.45) is 0 Å². The fourth-order valence-corrected chi connectivity index (χ4v) is 3.14. The van der Waals surface area contributed by atoms with Crippen LogP contribution >= 0.6 is 0 Å². The number of amides is 1. The Bertz CT molecular complexity index is 897. The molecule has 26 heavy (non-hydrogen) atoms. The zero-order chi connectivity index (χ0) is 18.5. The molecule has 1 aliphatic heterocycles. The lowest BCUT2D eigenvalue weighted by Crippen LogP contribution is -2.55. The van der Waals surface area contributed by atoms with E-state index in [0.717, 1.165) is 16.7 Å². The average Bonchev–Trinajstić information content (AvgIpc) is 2.66. The monoisotopic (exact) mass is 349 g/mol. The number of aromatic nitrogens is 2. The van der Waals surface area contributed by atoms with Crippen LogP contribution < -0.4 is 4.90 Å². The van der Waals surface area contributed by atoms with Crippen molar-refractivity contribution in [3.8, 4) is 6.07 Å². The summed E-state index contributed by atoms with van der Waals surface area (Å²) >= 11 is 0. The summed E-state index contributed by atoms with van der Waals surface area (Å²) in [6.45, 7) is 2.97. The SMILES string of the molecule is CC(=O)C=CC(=O)N1CCN(c2ncnc3ccccc23)CC1CC#N. The summed E-state index contributed by atoms with van der Waals surface area (Å²) in [4.78, 5) is 35.9. The van der Waals surface area contributed by atoms with E-state index in [1.807, 2.05) is 24.3 Å². The van der Waals surface area contributed by atoms with Crippen LogP contribution in [0.3, 0.4) is 0 Å². The molecule has 1 aliphatic rings. The molecule has 1 aromatic heterocycles. The third-order valence-corrected chi connectivity index (χ3v) is 4.37. The molecule has 0 radical (unpaired) electrons. The number of fused-ring (bicyclic) bond motifs is 1. The molecule has 7 heteroatoms.